The van der Waals surface area contributed by atoms with Crippen molar-refractivity contribution < 1.29 is 0 Å². The highest BCUT2D eigenvalue weighted by Gasteiger charge is 2.10. The molecular formula is C26H24S. The lowest BCUT2D eigenvalue weighted by molar-refractivity contribution is 0.896. The van der Waals surface area contributed by atoms with Crippen molar-refractivity contribution in [3.8, 4) is 22.3 Å². The van der Waals surface area contributed by atoms with Crippen LogP contribution in [0.15, 0.2) is 95.9 Å². The van der Waals surface area contributed by atoms with Crippen molar-refractivity contribution in [1.82, 2.24) is 0 Å². The predicted octanol–water partition coefficient (Wildman–Crippen LogP) is 8.07. The predicted molar refractivity (Wildman–Crippen MR) is 120 cm³/mol. The Bertz CT molecular complexity index is 1020. The smallest absolute Gasteiger partial charge is 0.00783 e. The second-order valence-corrected chi connectivity index (χ2v) is 8.01. The Balaban J connectivity index is 1.84. The summed E-state index contributed by atoms with van der Waals surface area (Å²) in [6, 6.07) is 33.0. The van der Waals surface area contributed by atoms with Gasteiger partial charge in [0.05, 0.1) is 0 Å². The lowest BCUT2D eigenvalue weighted by atomic mass is 9.91. The molecule has 0 aliphatic carbocycles. The number of unbranched alkanes of at least 4 members (excludes halogenated alkanes) is 1. The van der Waals surface area contributed by atoms with Crippen LogP contribution in [0.3, 0.4) is 0 Å². The van der Waals surface area contributed by atoms with E-state index in [4.69, 9.17) is 0 Å². The summed E-state index contributed by atoms with van der Waals surface area (Å²) >= 11 is 1.96. The molecule has 0 bridgehead atoms. The Morgan fingerprint density at radius 2 is 1.22 bits per heavy atom. The van der Waals surface area contributed by atoms with Crippen LogP contribution in [-0.2, 0) is 0 Å². The number of thioether (sulfide) groups is 1. The standard InChI is InChI=1S/C26H24S/c1-2-3-16-27-24-15-14-22-18-25(20-10-6-4-7-11-20)26(19-23(22)17-24)21-12-8-5-9-13-21/h4-15,17-19H,2-3,16H2,1H3. The van der Waals surface area contributed by atoms with Gasteiger partial charge in [-0.3, -0.25) is 0 Å². The third-order valence-electron chi connectivity index (χ3n) is 4.88. The van der Waals surface area contributed by atoms with Gasteiger partial charge in [0.15, 0.2) is 0 Å². The molecular weight excluding hydrogens is 344 g/mol. The van der Waals surface area contributed by atoms with Gasteiger partial charge in [0, 0.05) is 4.90 Å². The van der Waals surface area contributed by atoms with E-state index in [2.05, 4.69) is 97.9 Å². The van der Waals surface area contributed by atoms with E-state index in [-0.39, 0.29) is 0 Å². The maximum Gasteiger partial charge on any atom is 0.00783 e. The van der Waals surface area contributed by atoms with Crippen molar-refractivity contribution in [2.45, 2.75) is 24.7 Å². The van der Waals surface area contributed by atoms with E-state index in [1.165, 1.54) is 56.5 Å². The van der Waals surface area contributed by atoms with Crippen LogP contribution in [0, 0.1) is 0 Å². The highest BCUT2D eigenvalue weighted by Crippen LogP contribution is 2.36. The van der Waals surface area contributed by atoms with Crippen molar-refractivity contribution in [2.24, 2.45) is 0 Å². The van der Waals surface area contributed by atoms with Gasteiger partial charge in [0.2, 0.25) is 0 Å². The van der Waals surface area contributed by atoms with E-state index in [1.54, 1.807) is 0 Å². The minimum Gasteiger partial charge on any atom is -0.126 e. The molecule has 4 aromatic rings. The molecule has 0 saturated carbocycles. The third kappa shape index (κ3) is 4.09. The molecule has 0 heterocycles. The van der Waals surface area contributed by atoms with Gasteiger partial charge < -0.3 is 0 Å². The normalized spacial score (nSPS) is 11.0. The highest BCUT2D eigenvalue weighted by atomic mass is 32.2. The van der Waals surface area contributed by atoms with E-state index < -0.39 is 0 Å². The summed E-state index contributed by atoms with van der Waals surface area (Å²) in [5.41, 5.74) is 5.12. The fourth-order valence-electron chi connectivity index (χ4n) is 3.41. The fraction of sp³-hybridized carbons (Fsp3) is 0.154. The number of hydrogen-bond donors (Lipinski definition) is 0. The van der Waals surface area contributed by atoms with E-state index in [0.29, 0.717) is 0 Å². The molecule has 27 heavy (non-hydrogen) atoms. The Morgan fingerprint density at radius 3 is 1.81 bits per heavy atom. The lowest BCUT2D eigenvalue weighted by Crippen LogP contribution is -1.87. The highest BCUT2D eigenvalue weighted by molar-refractivity contribution is 7.99. The Labute approximate surface area is 166 Å². The second-order valence-electron chi connectivity index (χ2n) is 6.84. The molecule has 0 aromatic heterocycles. The van der Waals surface area contributed by atoms with Crippen LogP contribution in [-0.4, -0.2) is 5.75 Å². The first-order valence-electron chi connectivity index (χ1n) is 9.66. The maximum atomic E-state index is 2.36. The monoisotopic (exact) mass is 368 g/mol. The Kier molecular flexibility index (Phi) is 5.60. The Hall–Kier alpha value is -2.51. The molecule has 134 valence electrons. The summed E-state index contributed by atoms with van der Waals surface area (Å²) in [5, 5.41) is 2.61. The minimum atomic E-state index is 1.19. The fourth-order valence-corrected chi connectivity index (χ4v) is 4.46. The lowest BCUT2D eigenvalue weighted by Gasteiger charge is -2.13. The van der Waals surface area contributed by atoms with Gasteiger partial charge in [-0.05, 0) is 69.5 Å². The largest absolute Gasteiger partial charge is 0.126 e. The zero-order chi connectivity index (χ0) is 18.5. The first-order valence-corrected chi connectivity index (χ1v) is 10.6. The van der Waals surface area contributed by atoms with Gasteiger partial charge in [-0.25, -0.2) is 0 Å². The van der Waals surface area contributed by atoms with Crippen LogP contribution in [0.1, 0.15) is 19.8 Å². The van der Waals surface area contributed by atoms with Crippen molar-refractivity contribution in [3.63, 3.8) is 0 Å². The zero-order valence-electron chi connectivity index (χ0n) is 15.7. The molecule has 4 aromatic carbocycles. The van der Waals surface area contributed by atoms with Crippen molar-refractivity contribution in [3.05, 3.63) is 91.0 Å². The van der Waals surface area contributed by atoms with Crippen LogP contribution >= 0.6 is 11.8 Å². The second kappa shape index (κ2) is 8.45. The molecule has 0 nitrogen and oxygen atoms in total. The summed E-state index contributed by atoms with van der Waals surface area (Å²) < 4.78 is 0. The molecule has 0 saturated heterocycles. The van der Waals surface area contributed by atoms with Crippen molar-refractivity contribution >= 4 is 22.5 Å². The molecule has 0 spiro atoms. The van der Waals surface area contributed by atoms with Gasteiger partial charge in [-0.1, -0.05) is 80.1 Å². The van der Waals surface area contributed by atoms with E-state index in [1.807, 2.05) is 11.8 Å². The third-order valence-corrected chi connectivity index (χ3v) is 5.96. The van der Waals surface area contributed by atoms with Crippen LogP contribution in [0.25, 0.3) is 33.0 Å². The maximum absolute atomic E-state index is 2.36. The van der Waals surface area contributed by atoms with Gasteiger partial charge in [-0.2, -0.15) is 0 Å². The minimum absolute atomic E-state index is 1.19. The van der Waals surface area contributed by atoms with Crippen molar-refractivity contribution in [1.29, 1.82) is 0 Å². The summed E-state index contributed by atoms with van der Waals surface area (Å²) in [6.07, 6.45) is 2.52. The average Bonchev–Trinajstić information content (AvgIpc) is 2.74. The zero-order valence-corrected chi connectivity index (χ0v) is 16.5. The topological polar surface area (TPSA) is 0 Å². The van der Waals surface area contributed by atoms with Crippen LogP contribution in [0.4, 0.5) is 0 Å². The SMILES string of the molecule is CCCCSc1ccc2cc(-c3ccccc3)c(-c3ccccc3)cc2c1. The summed E-state index contributed by atoms with van der Waals surface area (Å²) in [7, 11) is 0. The van der Waals surface area contributed by atoms with E-state index in [9.17, 15) is 0 Å². The molecule has 0 atom stereocenters. The first kappa shape index (κ1) is 17.9. The molecule has 0 aliphatic heterocycles. The molecule has 4 rings (SSSR count). The van der Waals surface area contributed by atoms with Gasteiger partial charge in [0.1, 0.15) is 0 Å². The molecule has 0 unspecified atom stereocenters. The number of hydrogen-bond acceptors (Lipinski definition) is 1. The summed E-state index contributed by atoms with van der Waals surface area (Å²) in [5.74, 6) is 1.19. The van der Waals surface area contributed by atoms with Crippen LogP contribution in [0.5, 0.6) is 0 Å². The van der Waals surface area contributed by atoms with Crippen LogP contribution < -0.4 is 0 Å². The summed E-state index contributed by atoms with van der Waals surface area (Å²) in [4.78, 5) is 1.36. The van der Waals surface area contributed by atoms with Gasteiger partial charge in [0.25, 0.3) is 0 Å². The number of rotatable bonds is 6. The van der Waals surface area contributed by atoms with E-state index in [0.717, 1.165) is 0 Å². The average molecular weight is 369 g/mol. The van der Waals surface area contributed by atoms with Crippen molar-refractivity contribution in [2.75, 3.05) is 5.75 Å². The summed E-state index contributed by atoms with van der Waals surface area (Å²) in [6.45, 7) is 2.25. The Morgan fingerprint density at radius 1 is 0.630 bits per heavy atom. The molecule has 0 fully saturated rings. The quantitative estimate of drug-likeness (QED) is 0.245. The molecule has 0 aliphatic rings. The number of benzene rings is 4. The first-order chi connectivity index (χ1) is 13.3. The molecule has 0 N–H and O–H groups in total. The van der Waals surface area contributed by atoms with Crippen LogP contribution in [0.2, 0.25) is 0 Å². The molecule has 0 radical (unpaired) electrons. The van der Waals surface area contributed by atoms with Gasteiger partial charge >= 0.3 is 0 Å². The molecule has 1 heteroatoms. The van der Waals surface area contributed by atoms with Gasteiger partial charge in [-0.15, -0.1) is 11.8 Å². The number of fused-ring (bicyclic) bond motifs is 1. The van der Waals surface area contributed by atoms with E-state index >= 15 is 0 Å². The molecule has 0 amide bonds.